The smallest absolute Gasteiger partial charge is 0.219 e. The van der Waals surface area contributed by atoms with Crippen molar-refractivity contribution < 1.29 is 4.79 Å². The first kappa shape index (κ1) is 14.5. The van der Waals surface area contributed by atoms with Crippen LogP contribution in [-0.2, 0) is 4.79 Å². The Kier molecular flexibility index (Phi) is 11.1. The van der Waals surface area contributed by atoms with Gasteiger partial charge in [0, 0.05) is 13.0 Å². The molecule has 0 aromatic carbocycles. The number of unbranched alkanes of at least 4 members (excludes halogenated alkanes) is 6. The maximum absolute atomic E-state index is 11.3. The van der Waals surface area contributed by atoms with Gasteiger partial charge < -0.3 is 5.32 Å². The van der Waals surface area contributed by atoms with E-state index in [0.717, 1.165) is 25.8 Å². The Morgan fingerprint density at radius 1 is 0.867 bits per heavy atom. The second kappa shape index (κ2) is 11.5. The number of rotatable bonds is 10. The molecule has 0 aliphatic heterocycles. The highest BCUT2D eigenvalue weighted by molar-refractivity contribution is 5.75. The predicted octanol–water partition coefficient (Wildman–Crippen LogP) is 3.65. The molecular formula is C13H27NO. The second-order valence-electron chi connectivity index (χ2n) is 4.22. The minimum atomic E-state index is 0.239. The normalized spacial score (nSPS) is 10.3. The van der Waals surface area contributed by atoms with Crippen LogP contribution in [0.15, 0.2) is 0 Å². The molecule has 0 bridgehead atoms. The molecule has 0 rings (SSSR count). The zero-order valence-corrected chi connectivity index (χ0v) is 10.5. The van der Waals surface area contributed by atoms with E-state index in [1.165, 1.54) is 38.5 Å². The summed E-state index contributed by atoms with van der Waals surface area (Å²) in [5.74, 6) is 0.239. The average molecular weight is 213 g/mol. The summed E-state index contributed by atoms with van der Waals surface area (Å²) in [5, 5.41) is 2.97. The summed E-state index contributed by atoms with van der Waals surface area (Å²) in [4.78, 5) is 11.3. The van der Waals surface area contributed by atoms with Gasteiger partial charge in [0.25, 0.3) is 0 Å². The van der Waals surface area contributed by atoms with Gasteiger partial charge in [0.05, 0.1) is 0 Å². The van der Waals surface area contributed by atoms with Gasteiger partial charge in [-0.05, 0) is 12.8 Å². The molecule has 1 N–H and O–H groups in total. The largest absolute Gasteiger partial charge is 0.356 e. The van der Waals surface area contributed by atoms with E-state index < -0.39 is 0 Å². The van der Waals surface area contributed by atoms with Gasteiger partial charge in [0.2, 0.25) is 5.91 Å². The Bertz CT molecular complexity index is 145. The molecule has 90 valence electrons. The first-order valence-corrected chi connectivity index (χ1v) is 6.58. The van der Waals surface area contributed by atoms with E-state index in [4.69, 9.17) is 0 Å². The molecule has 0 aromatic rings. The molecule has 0 aliphatic carbocycles. The van der Waals surface area contributed by atoms with Crippen molar-refractivity contribution in [1.29, 1.82) is 0 Å². The molecule has 0 radical (unpaired) electrons. The third kappa shape index (κ3) is 11.4. The molecule has 0 saturated carbocycles. The molecule has 2 nitrogen and oxygen atoms in total. The van der Waals surface area contributed by atoms with E-state index in [0.29, 0.717) is 0 Å². The first-order valence-electron chi connectivity index (χ1n) is 6.58. The Morgan fingerprint density at radius 3 is 2.13 bits per heavy atom. The van der Waals surface area contributed by atoms with Crippen molar-refractivity contribution in [2.24, 2.45) is 0 Å². The second-order valence-corrected chi connectivity index (χ2v) is 4.22. The number of amides is 1. The van der Waals surface area contributed by atoms with E-state index in [1.807, 2.05) is 0 Å². The van der Waals surface area contributed by atoms with Crippen LogP contribution in [0.25, 0.3) is 0 Å². The van der Waals surface area contributed by atoms with Gasteiger partial charge in [0.1, 0.15) is 0 Å². The topological polar surface area (TPSA) is 29.1 Å². The summed E-state index contributed by atoms with van der Waals surface area (Å²) < 4.78 is 0. The Morgan fingerprint density at radius 2 is 1.47 bits per heavy atom. The molecule has 0 unspecified atom stereocenters. The van der Waals surface area contributed by atoms with Gasteiger partial charge in [-0.15, -0.1) is 0 Å². The van der Waals surface area contributed by atoms with Gasteiger partial charge in [-0.25, -0.2) is 0 Å². The van der Waals surface area contributed by atoms with E-state index in [2.05, 4.69) is 19.2 Å². The first-order chi connectivity index (χ1) is 7.31. The molecule has 0 fully saturated rings. The van der Waals surface area contributed by atoms with Crippen LogP contribution in [0.5, 0.6) is 0 Å². The van der Waals surface area contributed by atoms with E-state index in [1.54, 1.807) is 0 Å². The fourth-order valence-corrected chi connectivity index (χ4v) is 1.58. The lowest BCUT2D eigenvalue weighted by molar-refractivity contribution is -0.121. The molecular weight excluding hydrogens is 186 g/mol. The van der Waals surface area contributed by atoms with Crippen molar-refractivity contribution in [3.8, 4) is 0 Å². The highest BCUT2D eigenvalue weighted by atomic mass is 16.1. The van der Waals surface area contributed by atoms with E-state index in [9.17, 15) is 4.79 Å². The molecule has 0 spiro atoms. The van der Waals surface area contributed by atoms with Crippen LogP contribution in [0.4, 0.5) is 0 Å². The van der Waals surface area contributed by atoms with Crippen molar-refractivity contribution in [3.05, 3.63) is 0 Å². The average Bonchev–Trinajstić information content (AvgIpc) is 2.24. The maximum Gasteiger partial charge on any atom is 0.219 e. The van der Waals surface area contributed by atoms with Crippen LogP contribution < -0.4 is 5.32 Å². The van der Waals surface area contributed by atoms with Gasteiger partial charge in [-0.1, -0.05) is 52.4 Å². The highest BCUT2D eigenvalue weighted by Crippen LogP contribution is 2.04. The van der Waals surface area contributed by atoms with E-state index in [-0.39, 0.29) is 5.91 Å². The SMILES string of the molecule is CCCCCCCC(=O)NCCCCC. The molecule has 0 atom stereocenters. The summed E-state index contributed by atoms with van der Waals surface area (Å²) in [6.07, 6.45) is 10.4. The van der Waals surface area contributed by atoms with Crippen molar-refractivity contribution in [2.45, 2.75) is 71.6 Å². The number of hydrogen-bond acceptors (Lipinski definition) is 1. The standard InChI is InChI=1S/C13H27NO/c1-3-5-7-8-9-11-13(15)14-12-10-6-4-2/h3-12H2,1-2H3,(H,14,15). The number of nitrogens with one attached hydrogen (secondary N) is 1. The van der Waals surface area contributed by atoms with Crippen LogP contribution in [-0.4, -0.2) is 12.5 Å². The quantitative estimate of drug-likeness (QED) is 0.551. The van der Waals surface area contributed by atoms with Gasteiger partial charge in [-0.3, -0.25) is 4.79 Å². The van der Waals surface area contributed by atoms with E-state index >= 15 is 0 Å². The van der Waals surface area contributed by atoms with Crippen LogP contribution in [0.1, 0.15) is 71.6 Å². The number of hydrogen-bond donors (Lipinski definition) is 1. The maximum atomic E-state index is 11.3. The Labute approximate surface area is 94.8 Å². The number of carbonyl (C=O) groups excluding carboxylic acids is 1. The summed E-state index contributed by atoms with van der Waals surface area (Å²) in [7, 11) is 0. The molecule has 0 saturated heterocycles. The summed E-state index contributed by atoms with van der Waals surface area (Å²) in [6, 6.07) is 0. The van der Waals surface area contributed by atoms with Crippen molar-refractivity contribution in [2.75, 3.05) is 6.54 Å². The Balaban J connectivity index is 3.11. The summed E-state index contributed by atoms with van der Waals surface area (Å²) in [5.41, 5.74) is 0. The zero-order chi connectivity index (χ0) is 11.4. The molecule has 0 heterocycles. The lowest BCUT2D eigenvalue weighted by Gasteiger charge is -2.04. The molecule has 0 aromatic heterocycles. The summed E-state index contributed by atoms with van der Waals surface area (Å²) in [6.45, 7) is 5.25. The van der Waals surface area contributed by atoms with Crippen LogP contribution in [0.3, 0.4) is 0 Å². The molecule has 1 amide bonds. The van der Waals surface area contributed by atoms with Gasteiger partial charge in [-0.2, -0.15) is 0 Å². The fourth-order valence-electron chi connectivity index (χ4n) is 1.58. The molecule has 0 aliphatic rings. The minimum absolute atomic E-state index is 0.239. The Hall–Kier alpha value is -0.530. The third-order valence-corrected chi connectivity index (χ3v) is 2.61. The summed E-state index contributed by atoms with van der Waals surface area (Å²) >= 11 is 0. The van der Waals surface area contributed by atoms with Crippen LogP contribution in [0, 0.1) is 0 Å². The minimum Gasteiger partial charge on any atom is -0.356 e. The van der Waals surface area contributed by atoms with Crippen molar-refractivity contribution >= 4 is 5.91 Å². The van der Waals surface area contributed by atoms with Crippen molar-refractivity contribution in [1.82, 2.24) is 5.32 Å². The third-order valence-electron chi connectivity index (χ3n) is 2.61. The van der Waals surface area contributed by atoms with Crippen LogP contribution in [0.2, 0.25) is 0 Å². The molecule has 15 heavy (non-hydrogen) atoms. The van der Waals surface area contributed by atoms with Gasteiger partial charge in [0.15, 0.2) is 0 Å². The van der Waals surface area contributed by atoms with Gasteiger partial charge >= 0.3 is 0 Å². The van der Waals surface area contributed by atoms with Crippen LogP contribution >= 0.6 is 0 Å². The van der Waals surface area contributed by atoms with Crippen molar-refractivity contribution in [3.63, 3.8) is 0 Å². The lowest BCUT2D eigenvalue weighted by Crippen LogP contribution is -2.23. The highest BCUT2D eigenvalue weighted by Gasteiger charge is 1.99. The number of carbonyl (C=O) groups is 1. The zero-order valence-electron chi connectivity index (χ0n) is 10.5. The molecule has 2 heteroatoms. The predicted molar refractivity (Wildman–Crippen MR) is 65.9 cm³/mol. The lowest BCUT2D eigenvalue weighted by atomic mass is 10.1. The monoisotopic (exact) mass is 213 g/mol. The fraction of sp³-hybridized carbons (Fsp3) is 0.923.